The molecule has 2 N–H and O–H groups in total. The number of nitrogens with one attached hydrogen (secondary N) is 2. The molecule has 0 aromatic carbocycles. The van der Waals surface area contributed by atoms with Gasteiger partial charge in [0.2, 0.25) is 11.9 Å². The van der Waals surface area contributed by atoms with E-state index >= 15 is 0 Å². The van der Waals surface area contributed by atoms with Gasteiger partial charge in [0, 0.05) is 31.5 Å². The van der Waals surface area contributed by atoms with Crippen molar-refractivity contribution in [1.29, 1.82) is 0 Å². The van der Waals surface area contributed by atoms with Crippen molar-refractivity contribution in [2.24, 2.45) is 0 Å². The predicted octanol–water partition coefficient (Wildman–Crippen LogP) is 2.47. The zero-order valence-corrected chi connectivity index (χ0v) is 14.5. The minimum Gasteiger partial charge on any atom is -0.360 e. The molecule has 25 heavy (non-hydrogen) atoms. The molecule has 0 radical (unpaired) electrons. The Kier molecular flexibility index (Phi) is 4.47. The molecule has 1 aliphatic rings. The molecule has 1 amide bonds. The molecule has 0 saturated carbocycles. The Balaban J connectivity index is 1.37. The van der Waals surface area contributed by atoms with Crippen molar-refractivity contribution < 1.29 is 4.79 Å². The third-order valence-electron chi connectivity index (χ3n) is 4.30. The first kappa shape index (κ1) is 15.8. The van der Waals surface area contributed by atoms with E-state index in [9.17, 15) is 4.79 Å². The molecule has 128 valence electrons. The highest BCUT2D eigenvalue weighted by atomic mass is 32.1. The molecule has 1 atom stereocenters. The van der Waals surface area contributed by atoms with E-state index in [1.54, 1.807) is 17.5 Å². The summed E-state index contributed by atoms with van der Waals surface area (Å²) in [6.45, 7) is 1.58. The largest absolute Gasteiger partial charge is 0.360 e. The van der Waals surface area contributed by atoms with Gasteiger partial charge in [-0.05, 0) is 47.0 Å². The van der Waals surface area contributed by atoms with E-state index in [0.29, 0.717) is 12.4 Å². The van der Waals surface area contributed by atoms with E-state index in [1.165, 1.54) is 0 Å². The number of rotatable bonds is 5. The van der Waals surface area contributed by atoms with Crippen LogP contribution in [-0.2, 0) is 11.2 Å². The third kappa shape index (κ3) is 3.71. The summed E-state index contributed by atoms with van der Waals surface area (Å²) in [5.41, 5.74) is 2.92. The molecule has 1 unspecified atom stereocenters. The van der Waals surface area contributed by atoms with Gasteiger partial charge in [-0.2, -0.15) is 11.3 Å². The normalized spacial score (nSPS) is 17.0. The number of H-pyrrole nitrogens is 1. The first-order valence-electron chi connectivity index (χ1n) is 8.30. The number of nitrogens with zero attached hydrogens (tertiary/aromatic N) is 3. The fourth-order valence-corrected chi connectivity index (χ4v) is 3.73. The molecular formula is C18H19N5OS. The van der Waals surface area contributed by atoms with Crippen LogP contribution < -0.4 is 10.2 Å². The SMILES string of the molecule is O=C(Cc1ccsc1)NC1CCN(c2nccc(-c3ccc[nH]3)n2)C1. The lowest BCUT2D eigenvalue weighted by molar-refractivity contribution is -0.121. The number of amides is 1. The van der Waals surface area contributed by atoms with Crippen molar-refractivity contribution in [3.8, 4) is 11.4 Å². The lowest BCUT2D eigenvalue weighted by Crippen LogP contribution is -2.38. The molecule has 1 saturated heterocycles. The average Bonchev–Trinajstić information content (AvgIpc) is 3.38. The zero-order chi connectivity index (χ0) is 17.1. The first-order chi connectivity index (χ1) is 12.3. The Bertz CT molecular complexity index is 831. The second kappa shape index (κ2) is 7.06. The Morgan fingerprint density at radius 3 is 3.16 bits per heavy atom. The van der Waals surface area contributed by atoms with Crippen LogP contribution in [0, 0.1) is 0 Å². The van der Waals surface area contributed by atoms with Crippen LogP contribution in [0.4, 0.5) is 5.95 Å². The highest BCUT2D eigenvalue weighted by Gasteiger charge is 2.25. The number of anilines is 1. The average molecular weight is 353 g/mol. The van der Waals surface area contributed by atoms with Crippen LogP contribution in [-0.4, -0.2) is 40.0 Å². The Hall–Kier alpha value is -2.67. The molecule has 0 spiro atoms. The van der Waals surface area contributed by atoms with Gasteiger partial charge in [-0.15, -0.1) is 0 Å². The molecule has 4 heterocycles. The number of hydrogen-bond acceptors (Lipinski definition) is 5. The summed E-state index contributed by atoms with van der Waals surface area (Å²) in [5.74, 6) is 0.785. The third-order valence-corrected chi connectivity index (χ3v) is 5.03. The molecule has 0 aliphatic carbocycles. The summed E-state index contributed by atoms with van der Waals surface area (Å²) in [5, 5.41) is 7.13. The van der Waals surface area contributed by atoms with Gasteiger partial charge in [0.15, 0.2) is 0 Å². The molecule has 0 bridgehead atoms. The lowest BCUT2D eigenvalue weighted by atomic mass is 10.2. The zero-order valence-electron chi connectivity index (χ0n) is 13.7. The summed E-state index contributed by atoms with van der Waals surface area (Å²) < 4.78 is 0. The first-order valence-corrected chi connectivity index (χ1v) is 9.24. The topological polar surface area (TPSA) is 73.9 Å². The number of carbonyl (C=O) groups excluding carboxylic acids is 1. The van der Waals surface area contributed by atoms with Crippen LogP contribution in [0.15, 0.2) is 47.4 Å². The van der Waals surface area contributed by atoms with Crippen molar-refractivity contribution in [1.82, 2.24) is 20.3 Å². The van der Waals surface area contributed by atoms with Crippen LogP contribution in [0.3, 0.4) is 0 Å². The van der Waals surface area contributed by atoms with E-state index in [-0.39, 0.29) is 11.9 Å². The standard InChI is InChI=1S/C18H19N5OS/c24-17(10-13-5-9-25-12-13)21-14-4-8-23(11-14)18-20-7-3-16(22-18)15-2-1-6-19-15/h1-3,5-7,9,12,14,19H,4,8,10-11H2,(H,21,24). The number of hydrogen-bond donors (Lipinski definition) is 2. The monoisotopic (exact) mass is 353 g/mol. The van der Waals surface area contributed by atoms with E-state index < -0.39 is 0 Å². The van der Waals surface area contributed by atoms with Crippen molar-refractivity contribution in [2.75, 3.05) is 18.0 Å². The van der Waals surface area contributed by atoms with Crippen molar-refractivity contribution in [3.63, 3.8) is 0 Å². The van der Waals surface area contributed by atoms with Gasteiger partial charge in [0.1, 0.15) is 0 Å². The smallest absolute Gasteiger partial charge is 0.225 e. The molecule has 4 rings (SSSR count). The predicted molar refractivity (Wildman–Crippen MR) is 98.6 cm³/mol. The van der Waals surface area contributed by atoms with E-state index in [4.69, 9.17) is 0 Å². The molecular weight excluding hydrogens is 334 g/mol. The van der Waals surface area contributed by atoms with Gasteiger partial charge >= 0.3 is 0 Å². The second-order valence-electron chi connectivity index (χ2n) is 6.13. The molecule has 3 aromatic heterocycles. The van der Waals surface area contributed by atoms with E-state index in [1.807, 2.05) is 41.2 Å². The van der Waals surface area contributed by atoms with Gasteiger partial charge in [0.05, 0.1) is 17.8 Å². The Morgan fingerprint density at radius 2 is 2.36 bits per heavy atom. The van der Waals surface area contributed by atoms with Gasteiger partial charge in [0.25, 0.3) is 0 Å². The molecule has 6 nitrogen and oxygen atoms in total. The van der Waals surface area contributed by atoms with Gasteiger partial charge in [-0.25, -0.2) is 9.97 Å². The summed E-state index contributed by atoms with van der Waals surface area (Å²) in [4.78, 5) is 26.5. The minimum atomic E-state index is 0.0753. The Morgan fingerprint density at radius 1 is 1.40 bits per heavy atom. The minimum absolute atomic E-state index is 0.0753. The summed E-state index contributed by atoms with van der Waals surface area (Å²) in [6, 6.07) is 7.97. The number of aromatic nitrogens is 3. The van der Waals surface area contributed by atoms with Gasteiger partial charge in [-0.1, -0.05) is 0 Å². The number of thiophene rings is 1. The van der Waals surface area contributed by atoms with Crippen molar-refractivity contribution in [2.45, 2.75) is 18.9 Å². The maximum atomic E-state index is 12.2. The Labute approximate surface area is 149 Å². The molecule has 1 fully saturated rings. The highest BCUT2D eigenvalue weighted by molar-refractivity contribution is 7.08. The van der Waals surface area contributed by atoms with Crippen LogP contribution in [0.2, 0.25) is 0 Å². The van der Waals surface area contributed by atoms with Crippen molar-refractivity contribution >= 4 is 23.2 Å². The summed E-state index contributed by atoms with van der Waals surface area (Å²) >= 11 is 1.61. The molecule has 7 heteroatoms. The van der Waals surface area contributed by atoms with Gasteiger partial charge < -0.3 is 15.2 Å². The highest BCUT2D eigenvalue weighted by Crippen LogP contribution is 2.20. The van der Waals surface area contributed by atoms with Gasteiger partial charge in [-0.3, -0.25) is 4.79 Å². The summed E-state index contributed by atoms with van der Waals surface area (Å²) in [6.07, 6.45) is 5.01. The maximum Gasteiger partial charge on any atom is 0.225 e. The van der Waals surface area contributed by atoms with Crippen LogP contribution in [0.25, 0.3) is 11.4 Å². The number of aromatic amines is 1. The number of carbonyl (C=O) groups is 1. The van der Waals surface area contributed by atoms with Crippen LogP contribution >= 0.6 is 11.3 Å². The fourth-order valence-electron chi connectivity index (χ4n) is 3.06. The van der Waals surface area contributed by atoms with Crippen LogP contribution in [0.1, 0.15) is 12.0 Å². The quantitative estimate of drug-likeness (QED) is 0.739. The second-order valence-corrected chi connectivity index (χ2v) is 6.91. The van der Waals surface area contributed by atoms with E-state index in [0.717, 1.165) is 36.5 Å². The maximum absolute atomic E-state index is 12.2. The van der Waals surface area contributed by atoms with E-state index in [2.05, 4.69) is 25.2 Å². The molecule has 1 aliphatic heterocycles. The molecule has 3 aromatic rings. The van der Waals surface area contributed by atoms with Crippen LogP contribution in [0.5, 0.6) is 0 Å². The van der Waals surface area contributed by atoms with Crippen molar-refractivity contribution in [3.05, 3.63) is 53.0 Å². The lowest BCUT2D eigenvalue weighted by Gasteiger charge is -2.17. The summed E-state index contributed by atoms with van der Waals surface area (Å²) in [7, 11) is 0. The fraction of sp³-hybridized carbons (Fsp3) is 0.278.